The monoisotopic (exact) mass is 226 g/mol. The van der Waals surface area contributed by atoms with E-state index in [0.29, 0.717) is 11.0 Å². The summed E-state index contributed by atoms with van der Waals surface area (Å²) in [5.41, 5.74) is 5.84. The molecule has 1 aliphatic carbocycles. The lowest BCUT2D eigenvalue weighted by Crippen LogP contribution is -2.47. The minimum absolute atomic E-state index is 0.355. The van der Waals surface area contributed by atoms with E-state index >= 15 is 0 Å². The van der Waals surface area contributed by atoms with E-state index in [9.17, 15) is 0 Å². The summed E-state index contributed by atoms with van der Waals surface area (Å²) in [6.45, 7) is 3.41. The Hall–Kier alpha value is -0.150. The van der Waals surface area contributed by atoms with Gasteiger partial charge in [-0.1, -0.05) is 32.0 Å². The van der Waals surface area contributed by atoms with E-state index < -0.39 is 0 Å². The van der Waals surface area contributed by atoms with Crippen LogP contribution in [0.1, 0.15) is 45.4 Å². The van der Waals surface area contributed by atoms with Gasteiger partial charge in [0.2, 0.25) is 0 Å². The van der Waals surface area contributed by atoms with Gasteiger partial charge in [-0.25, -0.2) is 0 Å². The molecule has 0 aromatic heterocycles. The van der Waals surface area contributed by atoms with Crippen molar-refractivity contribution in [2.45, 2.75) is 57.5 Å². The zero-order valence-electron chi connectivity index (χ0n) is 9.61. The number of nitrogens with zero attached hydrogens (tertiary/aromatic N) is 1. The fourth-order valence-electron chi connectivity index (χ4n) is 3.43. The number of nitrogens with two attached hydrogens (primary N) is 1. The van der Waals surface area contributed by atoms with Gasteiger partial charge in [-0.15, -0.1) is 0 Å². The molecule has 2 aliphatic rings. The number of rotatable bonds is 3. The molecule has 1 heterocycles. The molecule has 2 rings (SSSR count). The molecule has 0 bridgehead atoms. The molecular formula is C12H22N2S. The summed E-state index contributed by atoms with van der Waals surface area (Å²) in [4.78, 5) is 3.29. The van der Waals surface area contributed by atoms with Crippen LogP contribution in [0, 0.1) is 5.92 Å². The van der Waals surface area contributed by atoms with Crippen LogP contribution in [0.2, 0.25) is 0 Å². The first-order chi connectivity index (χ1) is 7.24. The van der Waals surface area contributed by atoms with Crippen molar-refractivity contribution in [1.82, 2.24) is 4.90 Å². The summed E-state index contributed by atoms with van der Waals surface area (Å²) in [6.07, 6.45) is 8.05. The molecule has 0 radical (unpaired) electrons. The highest BCUT2D eigenvalue weighted by atomic mass is 32.1. The molecule has 2 fully saturated rings. The van der Waals surface area contributed by atoms with Crippen LogP contribution in [0.5, 0.6) is 0 Å². The highest BCUT2D eigenvalue weighted by Gasteiger charge is 2.39. The predicted octanol–water partition coefficient (Wildman–Crippen LogP) is 2.32. The third kappa shape index (κ3) is 2.18. The Morgan fingerprint density at radius 3 is 2.80 bits per heavy atom. The third-order valence-corrected chi connectivity index (χ3v) is 4.44. The Balaban J connectivity index is 2.05. The SMILES string of the molecule is CCC(C(N)=S)N1CCC2CCCCC21. The Morgan fingerprint density at radius 1 is 1.40 bits per heavy atom. The standard InChI is InChI=1S/C12H22N2S/c1-2-10(12(13)15)14-8-7-9-5-3-4-6-11(9)14/h9-11H,2-8H2,1H3,(H2,13,15). The molecule has 0 aromatic rings. The van der Waals surface area contributed by atoms with Crippen LogP contribution in [0.3, 0.4) is 0 Å². The molecule has 2 nitrogen and oxygen atoms in total. The second kappa shape index (κ2) is 4.79. The average molecular weight is 226 g/mol. The van der Waals surface area contributed by atoms with E-state index in [1.165, 1.54) is 38.6 Å². The maximum atomic E-state index is 5.84. The first-order valence-electron chi connectivity index (χ1n) is 6.29. The van der Waals surface area contributed by atoms with Crippen molar-refractivity contribution in [3.05, 3.63) is 0 Å². The van der Waals surface area contributed by atoms with E-state index in [4.69, 9.17) is 18.0 Å². The molecule has 3 unspecified atom stereocenters. The van der Waals surface area contributed by atoms with Crippen molar-refractivity contribution in [3.8, 4) is 0 Å². The summed E-state index contributed by atoms with van der Waals surface area (Å²) in [7, 11) is 0. The fourth-order valence-corrected chi connectivity index (χ4v) is 3.73. The second-order valence-electron chi connectivity index (χ2n) is 4.96. The first kappa shape index (κ1) is 11.3. The molecule has 1 saturated heterocycles. The maximum Gasteiger partial charge on any atom is 0.0902 e. The third-order valence-electron chi connectivity index (χ3n) is 4.17. The van der Waals surface area contributed by atoms with Gasteiger partial charge in [-0.05, 0) is 38.1 Å². The largest absolute Gasteiger partial charge is 0.392 e. The molecule has 0 aromatic carbocycles. The van der Waals surface area contributed by atoms with Gasteiger partial charge < -0.3 is 5.73 Å². The average Bonchev–Trinajstić information content (AvgIpc) is 2.63. The molecule has 2 N–H and O–H groups in total. The smallest absolute Gasteiger partial charge is 0.0902 e. The Kier molecular flexibility index (Phi) is 3.62. The minimum Gasteiger partial charge on any atom is -0.392 e. The molecule has 15 heavy (non-hydrogen) atoms. The van der Waals surface area contributed by atoms with Gasteiger partial charge >= 0.3 is 0 Å². The number of hydrogen-bond acceptors (Lipinski definition) is 2. The molecule has 1 saturated carbocycles. The van der Waals surface area contributed by atoms with E-state index in [-0.39, 0.29) is 0 Å². The van der Waals surface area contributed by atoms with E-state index in [1.807, 2.05) is 0 Å². The number of likely N-dealkylation sites (tertiary alicyclic amines) is 1. The van der Waals surface area contributed by atoms with Crippen molar-refractivity contribution in [2.75, 3.05) is 6.54 Å². The molecule has 0 spiro atoms. The van der Waals surface area contributed by atoms with Crippen LogP contribution >= 0.6 is 12.2 Å². The summed E-state index contributed by atoms with van der Waals surface area (Å²) in [5.74, 6) is 0.933. The molecule has 86 valence electrons. The Labute approximate surface area is 98.2 Å². The van der Waals surface area contributed by atoms with Crippen LogP contribution in [0.25, 0.3) is 0 Å². The molecule has 3 heteroatoms. The van der Waals surface area contributed by atoms with Gasteiger partial charge in [0.1, 0.15) is 0 Å². The maximum absolute atomic E-state index is 5.84. The summed E-state index contributed by atoms with van der Waals surface area (Å²) >= 11 is 5.18. The zero-order valence-corrected chi connectivity index (χ0v) is 10.4. The van der Waals surface area contributed by atoms with Gasteiger partial charge in [0.15, 0.2) is 0 Å². The van der Waals surface area contributed by atoms with Crippen LogP contribution in [0.4, 0.5) is 0 Å². The lowest BCUT2D eigenvalue weighted by atomic mass is 9.85. The van der Waals surface area contributed by atoms with E-state index in [2.05, 4.69) is 11.8 Å². The number of hydrogen-bond donors (Lipinski definition) is 1. The van der Waals surface area contributed by atoms with Crippen LogP contribution < -0.4 is 5.73 Å². The molecule has 1 aliphatic heterocycles. The predicted molar refractivity (Wildman–Crippen MR) is 67.9 cm³/mol. The number of thiocarbonyl (C=S) groups is 1. The Bertz CT molecular complexity index is 242. The quantitative estimate of drug-likeness (QED) is 0.749. The summed E-state index contributed by atoms with van der Waals surface area (Å²) in [5, 5.41) is 0. The van der Waals surface area contributed by atoms with E-state index in [1.54, 1.807) is 0 Å². The van der Waals surface area contributed by atoms with Crippen molar-refractivity contribution in [3.63, 3.8) is 0 Å². The van der Waals surface area contributed by atoms with Crippen LogP contribution in [0.15, 0.2) is 0 Å². The Morgan fingerprint density at radius 2 is 2.13 bits per heavy atom. The van der Waals surface area contributed by atoms with Crippen LogP contribution in [-0.4, -0.2) is 28.5 Å². The van der Waals surface area contributed by atoms with Crippen molar-refractivity contribution in [1.29, 1.82) is 0 Å². The number of fused-ring (bicyclic) bond motifs is 1. The molecule has 3 atom stereocenters. The highest BCUT2D eigenvalue weighted by molar-refractivity contribution is 7.80. The lowest BCUT2D eigenvalue weighted by Gasteiger charge is -2.36. The van der Waals surface area contributed by atoms with Crippen molar-refractivity contribution >= 4 is 17.2 Å². The molecular weight excluding hydrogens is 204 g/mol. The van der Waals surface area contributed by atoms with Crippen LogP contribution in [-0.2, 0) is 0 Å². The first-order valence-corrected chi connectivity index (χ1v) is 6.70. The van der Waals surface area contributed by atoms with Gasteiger partial charge in [-0.3, -0.25) is 4.90 Å². The molecule has 0 amide bonds. The van der Waals surface area contributed by atoms with E-state index in [0.717, 1.165) is 18.4 Å². The van der Waals surface area contributed by atoms with Crippen molar-refractivity contribution < 1.29 is 0 Å². The summed E-state index contributed by atoms with van der Waals surface area (Å²) < 4.78 is 0. The normalized spacial score (nSPS) is 33.7. The second-order valence-corrected chi connectivity index (χ2v) is 5.44. The topological polar surface area (TPSA) is 29.3 Å². The van der Waals surface area contributed by atoms with Gasteiger partial charge in [0, 0.05) is 6.04 Å². The minimum atomic E-state index is 0.355. The lowest BCUT2D eigenvalue weighted by molar-refractivity contribution is 0.160. The van der Waals surface area contributed by atoms with Gasteiger partial charge in [0.25, 0.3) is 0 Å². The fraction of sp³-hybridized carbons (Fsp3) is 0.917. The summed E-state index contributed by atoms with van der Waals surface area (Å²) in [6, 6.07) is 1.14. The van der Waals surface area contributed by atoms with Gasteiger partial charge in [-0.2, -0.15) is 0 Å². The highest BCUT2D eigenvalue weighted by Crippen LogP contribution is 2.37. The van der Waals surface area contributed by atoms with Crippen molar-refractivity contribution in [2.24, 2.45) is 11.7 Å². The van der Waals surface area contributed by atoms with Gasteiger partial charge in [0.05, 0.1) is 11.0 Å². The zero-order chi connectivity index (χ0) is 10.8.